The van der Waals surface area contributed by atoms with Crippen molar-refractivity contribution in [1.29, 1.82) is 0 Å². The average Bonchev–Trinajstić information content (AvgIpc) is 2.90. The van der Waals surface area contributed by atoms with Crippen LogP contribution in [-0.4, -0.2) is 4.98 Å². The zero-order valence-electron chi connectivity index (χ0n) is 18.4. The molecule has 5 aromatic rings. The summed E-state index contributed by atoms with van der Waals surface area (Å²) in [7, 11) is -3.02. The predicted molar refractivity (Wildman–Crippen MR) is 139 cm³/mol. The lowest BCUT2D eigenvalue weighted by Crippen LogP contribution is -2.25. The molecule has 1 aromatic heterocycles. The van der Waals surface area contributed by atoms with E-state index < -0.39 is 7.14 Å². The van der Waals surface area contributed by atoms with Crippen LogP contribution in [0.2, 0.25) is 0 Å². The maximum absolute atomic E-state index is 14.7. The van der Waals surface area contributed by atoms with Crippen molar-refractivity contribution in [3.8, 4) is 22.4 Å². The van der Waals surface area contributed by atoms with E-state index in [4.69, 9.17) is 4.98 Å². The zero-order chi connectivity index (χ0) is 22.7. The Morgan fingerprint density at radius 3 is 1.67 bits per heavy atom. The van der Waals surface area contributed by atoms with Crippen LogP contribution in [0.15, 0.2) is 128 Å². The van der Waals surface area contributed by atoms with Crippen LogP contribution < -0.4 is 15.9 Å². The number of hydrogen-bond acceptors (Lipinski definition) is 2. The van der Waals surface area contributed by atoms with Crippen molar-refractivity contribution in [3.63, 3.8) is 0 Å². The predicted octanol–water partition coefficient (Wildman–Crippen LogP) is 6.36. The van der Waals surface area contributed by atoms with E-state index in [1.54, 1.807) is 0 Å². The van der Waals surface area contributed by atoms with E-state index in [0.717, 1.165) is 43.9 Å². The van der Waals surface area contributed by atoms with Gasteiger partial charge in [0.15, 0.2) is 7.14 Å². The molecule has 0 amide bonds. The lowest BCUT2D eigenvalue weighted by molar-refractivity contribution is 0.592. The highest BCUT2D eigenvalue weighted by atomic mass is 31.2. The molecule has 4 aromatic carbocycles. The molecule has 0 bridgehead atoms. The van der Waals surface area contributed by atoms with Crippen molar-refractivity contribution >= 4 is 23.1 Å². The van der Waals surface area contributed by atoms with Gasteiger partial charge in [-0.1, -0.05) is 109 Å². The van der Waals surface area contributed by atoms with Crippen molar-refractivity contribution in [3.05, 3.63) is 133 Å². The van der Waals surface area contributed by atoms with Crippen molar-refractivity contribution in [2.45, 2.75) is 6.92 Å². The second kappa shape index (κ2) is 9.02. The van der Waals surface area contributed by atoms with Crippen LogP contribution in [0.4, 0.5) is 0 Å². The SMILES string of the molecule is Cc1cc(-c2cccc(P(=O)(c3ccccc3)c3ccccc3)c2)ncc1-c1ccccc1. The molecule has 0 N–H and O–H groups in total. The minimum atomic E-state index is -3.02. The molecule has 0 aliphatic rings. The topological polar surface area (TPSA) is 30.0 Å². The normalized spacial score (nSPS) is 11.3. The molecule has 0 unspecified atom stereocenters. The molecule has 160 valence electrons. The van der Waals surface area contributed by atoms with Gasteiger partial charge in [0.2, 0.25) is 0 Å². The molecule has 0 fully saturated rings. The minimum absolute atomic E-state index is 0.809. The Kier molecular flexibility index (Phi) is 5.77. The van der Waals surface area contributed by atoms with Crippen molar-refractivity contribution in [2.75, 3.05) is 0 Å². The third-order valence-corrected chi connectivity index (χ3v) is 9.00. The molecule has 0 saturated carbocycles. The summed E-state index contributed by atoms with van der Waals surface area (Å²) >= 11 is 0. The molecule has 0 saturated heterocycles. The van der Waals surface area contributed by atoms with Gasteiger partial charge in [-0.15, -0.1) is 0 Å². The second-order valence-corrected chi connectivity index (χ2v) is 10.8. The number of hydrogen-bond donors (Lipinski definition) is 0. The third-order valence-electron chi connectivity index (χ3n) is 5.94. The molecule has 0 aliphatic carbocycles. The lowest BCUT2D eigenvalue weighted by Gasteiger charge is -2.20. The molecular formula is C30H24NOP. The van der Waals surface area contributed by atoms with Gasteiger partial charge in [0, 0.05) is 33.2 Å². The van der Waals surface area contributed by atoms with Crippen molar-refractivity contribution < 1.29 is 4.57 Å². The van der Waals surface area contributed by atoms with Gasteiger partial charge in [-0.25, -0.2) is 0 Å². The summed E-state index contributed by atoms with van der Waals surface area (Å²) in [6.07, 6.45) is 1.93. The second-order valence-electron chi connectivity index (χ2n) is 8.08. The summed E-state index contributed by atoms with van der Waals surface area (Å²) < 4.78 is 14.7. The molecule has 0 atom stereocenters. The molecule has 5 rings (SSSR count). The van der Waals surface area contributed by atoms with Gasteiger partial charge in [0.25, 0.3) is 0 Å². The molecule has 0 radical (unpaired) electrons. The summed E-state index contributed by atoms with van der Waals surface area (Å²) in [6, 6.07) is 39.9. The van der Waals surface area contributed by atoms with E-state index in [9.17, 15) is 4.57 Å². The lowest BCUT2D eigenvalue weighted by atomic mass is 10.0. The monoisotopic (exact) mass is 445 g/mol. The molecule has 0 spiro atoms. The van der Waals surface area contributed by atoms with Crippen LogP contribution in [0.5, 0.6) is 0 Å². The molecule has 2 nitrogen and oxygen atoms in total. The van der Waals surface area contributed by atoms with Crippen LogP contribution in [0.3, 0.4) is 0 Å². The first-order valence-electron chi connectivity index (χ1n) is 11.0. The highest BCUT2D eigenvalue weighted by molar-refractivity contribution is 7.85. The first-order valence-corrected chi connectivity index (χ1v) is 12.7. The zero-order valence-corrected chi connectivity index (χ0v) is 19.3. The third kappa shape index (κ3) is 4.06. The van der Waals surface area contributed by atoms with E-state index >= 15 is 0 Å². The van der Waals surface area contributed by atoms with E-state index in [0.29, 0.717) is 0 Å². The highest BCUT2D eigenvalue weighted by Crippen LogP contribution is 2.43. The minimum Gasteiger partial charge on any atom is -0.309 e. The van der Waals surface area contributed by atoms with E-state index in [2.05, 4.69) is 25.1 Å². The average molecular weight is 446 g/mol. The Balaban J connectivity index is 1.61. The molecule has 0 aliphatic heterocycles. The Hall–Kier alpha value is -3.74. The Morgan fingerprint density at radius 2 is 1.09 bits per heavy atom. The van der Waals surface area contributed by atoms with E-state index in [1.165, 1.54) is 0 Å². The van der Waals surface area contributed by atoms with Gasteiger partial charge in [0.05, 0.1) is 5.69 Å². The quantitative estimate of drug-likeness (QED) is 0.295. The first kappa shape index (κ1) is 21.1. The van der Waals surface area contributed by atoms with Crippen molar-refractivity contribution in [1.82, 2.24) is 4.98 Å². The fourth-order valence-electron chi connectivity index (χ4n) is 4.22. The summed E-state index contributed by atoms with van der Waals surface area (Å²) in [4.78, 5) is 4.77. The first-order chi connectivity index (χ1) is 16.2. The fraction of sp³-hybridized carbons (Fsp3) is 0.0333. The Morgan fingerprint density at radius 1 is 0.576 bits per heavy atom. The summed E-state index contributed by atoms with van der Waals surface area (Å²) in [5.74, 6) is 0. The Bertz CT molecular complexity index is 1390. The van der Waals surface area contributed by atoms with E-state index in [-0.39, 0.29) is 0 Å². The summed E-state index contributed by atoms with van der Waals surface area (Å²) in [5.41, 5.74) is 5.27. The van der Waals surface area contributed by atoms with Gasteiger partial charge >= 0.3 is 0 Å². The molecule has 3 heteroatoms. The maximum Gasteiger partial charge on any atom is 0.171 e. The van der Waals surface area contributed by atoms with Crippen LogP contribution in [-0.2, 0) is 4.57 Å². The molecular weight excluding hydrogens is 421 g/mol. The van der Waals surface area contributed by atoms with Crippen LogP contribution in [0.1, 0.15) is 5.56 Å². The number of aryl methyl sites for hydroxylation is 1. The van der Waals surface area contributed by atoms with E-state index in [1.807, 2.05) is 109 Å². The number of pyridine rings is 1. The van der Waals surface area contributed by atoms with Crippen molar-refractivity contribution in [2.24, 2.45) is 0 Å². The largest absolute Gasteiger partial charge is 0.309 e. The number of nitrogens with zero attached hydrogens (tertiary/aromatic N) is 1. The number of aromatic nitrogens is 1. The maximum atomic E-state index is 14.7. The van der Waals surface area contributed by atoms with Crippen LogP contribution in [0.25, 0.3) is 22.4 Å². The van der Waals surface area contributed by atoms with Gasteiger partial charge < -0.3 is 4.57 Å². The smallest absolute Gasteiger partial charge is 0.171 e. The number of rotatable bonds is 5. The van der Waals surface area contributed by atoms with Crippen LogP contribution in [0, 0.1) is 6.92 Å². The fourth-order valence-corrected chi connectivity index (χ4v) is 6.91. The van der Waals surface area contributed by atoms with Gasteiger partial charge in [-0.05, 0) is 30.2 Å². The summed E-state index contributed by atoms with van der Waals surface area (Å²) in [6.45, 7) is 2.11. The van der Waals surface area contributed by atoms with Crippen LogP contribution >= 0.6 is 7.14 Å². The summed E-state index contributed by atoms with van der Waals surface area (Å²) in [5, 5.41) is 2.47. The highest BCUT2D eigenvalue weighted by Gasteiger charge is 2.29. The number of benzene rings is 4. The van der Waals surface area contributed by atoms with Gasteiger partial charge in [-0.3, -0.25) is 4.98 Å². The van der Waals surface area contributed by atoms with Gasteiger partial charge in [0.1, 0.15) is 0 Å². The Labute approximate surface area is 195 Å². The molecule has 33 heavy (non-hydrogen) atoms. The molecule has 1 heterocycles. The van der Waals surface area contributed by atoms with Gasteiger partial charge in [-0.2, -0.15) is 0 Å². The standard InChI is InChI=1S/C30H24NOP/c1-23-20-30(31-22-29(23)24-12-5-2-6-13-24)25-14-11-19-28(21-25)33(32,26-15-7-3-8-16-26)27-17-9-4-10-18-27/h2-22H,1H3.